The van der Waals surface area contributed by atoms with Gasteiger partial charge in [-0.3, -0.25) is 0 Å². The lowest BCUT2D eigenvalue weighted by Crippen LogP contribution is -2.24. The number of aromatic amines is 1. The van der Waals surface area contributed by atoms with E-state index in [1.165, 1.54) is 5.56 Å². The first-order valence-electron chi connectivity index (χ1n) is 5.05. The highest BCUT2D eigenvalue weighted by Crippen LogP contribution is 2.09. The summed E-state index contributed by atoms with van der Waals surface area (Å²) < 4.78 is 0. The van der Waals surface area contributed by atoms with Crippen LogP contribution in [-0.2, 0) is 6.54 Å². The Hall–Kier alpha value is -1.46. The van der Waals surface area contributed by atoms with Crippen LogP contribution in [0.4, 0.5) is 0 Å². The monoisotopic (exact) mass is 205 g/mol. The van der Waals surface area contributed by atoms with Crippen molar-refractivity contribution in [3.05, 3.63) is 23.8 Å². The number of benzene rings is 1. The van der Waals surface area contributed by atoms with Gasteiger partial charge in [0.15, 0.2) is 0 Å². The van der Waals surface area contributed by atoms with Crippen molar-refractivity contribution in [3.8, 4) is 0 Å². The molecule has 0 unspecified atom stereocenters. The Bertz CT molecular complexity index is 422. The number of likely N-dealkylation sites (N-methyl/N-ethyl adjacent to an activating group) is 1. The Kier molecular flexibility index (Phi) is 3.26. The molecule has 1 aromatic heterocycles. The highest BCUT2D eigenvalue weighted by atomic mass is 15.3. The number of hydrogen-bond acceptors (Lipinski definition) is 4. The maximum absolute atomic E-state index is 4.05. The van der Waals surface area contributed by atoms with Gasteiger partial charge in [-0.15, -0.1) is 0 Å². The minimum Gasteiger partial charge on any atom is -0.318 e. The Morgan fingerprint density at radius 2 is 2.07 bits per heavy atom. The van der Waals surface area contributed by atoms with Crippen LogP contribution < -0.4 is 10.6 Å². The molecule has 0 saturated heterocycles. The highest BCUT2D eigenvalue weighted by molar-refractivity contribution is 5.74. The van der Waals surface area contributed by atoms with Crippen LogP contribution in [0.1, 0.15) is 5.56 Å². The van der Waals surface area contributed by atoms with E-state index in [0.717, 1.165) is 30.7 Å². The molecule has 0 radical (unpaired) electrons. The van der Waals surface area contributed by atoms with Gasteiger partial charge in [-0.05, 0) is 24.7 Å². The standard InChI is InChI=1S/C10H15N5/c1-11-4-5-12-7-8-2-3-9-10(6-8)14-15-13-9/h2-3,6,11-12H,4-5,7H2,1H3,(H,13,14,15). The fourth-order valence-corrected chi connectivity index (χ4v) is 1.44. The summed E-state index contributed by atoms with van der Waals surface area (Å²) in [6, 6.07) is 6.09. The minimum atomic E-state index is 0.866. The summed E-state index contributed by atoms with van der Waals surface area (Å²) in [5, 5.41) is 17.1. The van der Waals surface area contributed by atoms with E-state index in [4.69, 9.17) is 0 Å². The summed E-state index contributed by atoms with van der Waals surface area (Å²) in [7, 11) is 1.95. The smallest absolute Gasteiger partial charge is 0.113 e. The molecule has 0 atom stereocenters. The summed E-state index contributed by atoms with van der Waals surface area (Å²) >= 11 is 0. The lowest BCUT2D eigenvalue weighted by atomic mass is 10.2. The molecule has 0 aliphatic carbocycles. The Morgan fingerprint density at radius 3 is 2.93 bits per heavy atom. The maximum Gasteiger partial charge on any atom is 0.113 e. The predicted octanol–water partition coefficient (Wildman–Crippen LogP) is 0.267. The van der Waals surface area contributed by atoms with E-state index in [1.807, 2.05) is 19.2 Å². The zero-order chi connectivity index (χ0) is 10.5. The van der Waals surface area contributed by atoms with Gasteiger partial charge in [0.2, 0.25) is 0 Å². The average Bonchev–Trinajstić information content (AvgIpc) is 2.71. The molecule has 0 spiro atoms. The van der Waals surface area contributed by atoms with Gasteiger partial charge in [0, 0.05) is 19.6 Å². The van der Waals surface area contributed by atoms with Crippen molar-refractivity contribution in [2.75, 3.05) is 20.1 Å². The van der Waals surface area contributed by atoms with Crippen LogP contribution in [0.25, 0.3) is 11.0 Å². The van der Waals surface area contributed by atoms with E-state index < -0.39 is 0 Å². The number of aromatic nitrogens is 3. The second-order valence-electron chi connectivity index (χ2n) is 3.43. The fourth-order valence-electron chi connectivity index (χ4n) is 1.44. The molecular formula is C10H15N5. The first kappa shape index (κ1) is 10.1. The van der Waals surface area contributed by atoms with Gasteiger partial charge in [-0.1, -0.05) is 6.07 Å². The molecule has 1 heterocycles. The molecule has 0 aliphatic rings. The third-order valence-electron chi connectivity index (χ3n) is 2.26. The third-order valence-corrected chi connectivity index (χ3v) is 2.26. The van der Waals surface area contributed by atoms with E-state index in [0.29, 0.717) is 0 Å². The molecule has 0 amide bonds. The first-order valence-corrected chi connectivity index (χ1v) is 5.05. The lowest BCUT2D eigenvalue weighted by Gasteiger charge is -2.03. The van der Waals surface area contributed by atoms with E-state index in [1.54, 1.807) is 0 Å². The van der Waals surface area contributed by atoms with Crippen LogP contribution in [0.2, 0.25) is 0 Å². The SMILES string of the molecule is CNCCNCc1ccc2n[nH]nc2c1. The van der Waals surface area contributed by atoms with Crippen molar-refractivity contribution < 1.29 is 0 Å². The summed E-state index contributed by atoms with van der Waals surface area (Å²) in [6.07, 6.45) is 0. The number of nitrogens with one attached hydrogen (secondary N) is 3. The molecule has 15 heavy (non-hydrogen) atoms. The van der Waals surface area contributed by atoms with Gasteiger partial charge in [-0.25, -0.2) is 0 Å². The van der Waals surface area contributed by atoms with Crippen molar-refractivity contribution >= 4 is 11.0 Å². The van der Waals surface area contributed by atoms with Crippen molar-refractivity contribution in [2.24, 2.45) is 0 Å². The van der Waals surface area contributed by atoms with Gasteiger partial charge in [-0.2, -0.15) is 15.4 Å². The third kappa shape index (κ3) is 2.51. The first-order chi connectivity index (χ1) is 7.40. The number of nitrogens with zero attached hydrogens (tertiary/aromatic N) is 2. The maximum atomic E-state index is 4.05. The van der Waals surface area contributed by atoms with Crippen LogP contribution in [0.5, 0.6) is 0 Å². The van der Waals surface area contributed by atoms with Crippen molar-refractivity contribution in [2.45, 2.75) is 6.54 Å². The Balaban J connectivity index is 1.96. The molecule has 2 rings (SSSR count). The minimum absolute atomic E-state index is 0.866. The van der Waals surface area contributed by atoms with Gasteiger partial charge >= 0.3 is 0 Å². The lowest BCUT2D eigenvalue weighted by molar-refractivity contribution is 0.651. The molecule has 1 aromatic carbocycles. The molecule has 2 aromatic rings. The number of H-pyrrole nitrogens is 1. The molecule has 80 valence electrons. The van der Waals surface area contributed by atoms with Crippen LogP contribution in [0.3, 0.4) is 0 Å². The van der Waals surface area contributed by atoms with Crippen LogP contribution in [0, 0.1) is 0 Å². The Morgan fingerprint density at radius 1 is 1.20 bits per heavy atom. The van der Waals surface area contributed by atoms with Gasteiger partial charge < -0.3 is 10.6 Å². The predicted molar refractivity (Wildman–Crippen MR) is 59.5 cm³/mol. The summed E-state index contributed by atoms with van der Waals surface area (Å²) in [6.45, 7) is 2.81. The quantitative estimate of drug-likeness (QED) is 0.613. The van der Waals surface area contributed by atoms with Crippen molar-refractivity contribution in [1.29, 1.82) is 0 Å². The number of hydrogen-bond donors (Lipinski definition) is 3. The topological polar surface area (TPSA) is 65.6 Å². The largest absolute Gasteiger partial charge is 0.318 e. The van der Waals surface area contributed by atoms with Crippen molar-refractivity contribution in [1.82, 2.24) is 26.0 Å². The van der Waals surface area contributed by atoms with Gasteiger partial charge in [0.25, 0.3) is 0 Å². The van der Waals surface area contributed by atoms with Gasteiger partial charge in [0.05, 0.1) is 0 Å². The zero-order valence-corrected chi connectivity index (χ0v) is 8.75. The molecule has 5 nitrogen and oxygen atoms in total. The summed E-state index contributed by atoms with van der Waals surface area (Å²) in [5.41, 5.74) is 3.06. The van der Waals surface area contributed by atoms with Crippen LogP contribution in [-0.4, -0.2) is 35.5 Å². The zero-order valence-electron chi connectivity index (χ0n) is 8.75. The summed E-state index contributed by atoms with van der Waals surface area (Å²) in [5.74, 6) is 0. The van der Waals surface area contributed by atoms with E-state index >= 15 is 0 Å². The van der Waals surface area contributed by atoms with Gasteiger partial charge in [0.1, 0.15) is 11.0 Å². The molecule has 3 N–H and O–H groups in total. The van der Waals surface area contributed by atoms with E-state index in [2.05, 4.69) is 32.1 Å². The highest BCUT2D eigenvalue weighted by Gasteiger charge is 1.98. The molecule has 5 heteroatoms. The number of rotatable bonds is 5. The Labute approximate surface area is 88.3 Å². The second kappa shape index (κ2) is 4.86. The van der Waals surface area contributed by atoms with E-state index in [9.17, 15) is 0 Å². The molecule has 0 fully saturated rings. The molecule has 0 saturated carbocycles. The van der Waals surface area contributed by atoms with E-state index in [-0.39, 0.29) is 0 Å². The van der Waals surface area contributed by atoms with Crippen LogP contribution >= 0.6 is 0 Å². The average molecular weight is 205 g/mol. The fraction of sp³-hybridized carbons (Fsp3) is 0.400. The molecule has 0 bridgehead atoms. The normalized spacial score (nSPS) is 11.0. The molecule has 0 aliphatic heterocycles. The van der Waals surface area contributed by atoms with Crippen LogP contribution in [0.15, 0.2) is 18.2 Å². The second-order valence-corrected chi connectivity index (χ2v) is 3.43. The van der Waals surface area contributed by atoms with Crippen molar-refractivity contribution in [3.63, 3.8) is 0 Å². The number of fused-ring (bicyclic) bond motifs is 1. The molecular weight excluding hydrogens is 190 g/mol. The summed E-state index contributed by atoms with van der Waals surface area (Å²) in [4.78, 5) is 0.